The molecule has 0 aromatic carbocycles. The molecule has 1 aromatic rings. The molecule has 3 N–H and O–H groups in total. The Morgan fingerprint density at radius 1 is 1.31 bits per heavy atom. The quantitative estimate of drug-likeness (QED) is 0.678. The molecule has 4 rings (SSSR count). The van der Waals surface area contributed by atoms with Gasteiger partial charge in [0.25, 0.3) is 5.91 Å². The number of hydrogen-bond acceptors (Lipinski definition) is 7. The fourth-order valence-electron chi connectivity index (χ4n) is 3.59. The van der Waals surface area contributed by atoms with Crippen LogP contribution in [0.25, 0.3) is 0 Å². The number of carbonyl (C=O) groups is 2. The molecule has 1 aromatic heterocycles. The van der Waals surface area contributed by atoms with Gasteiger partial charge in [0.05, 0.1) is 6.10 Å². The molecule has 138 valence electrons. The summed E-state index contributed by atoms with van der Waals surface area (Å²) in [6.45, 7) is 1.41. The number of carbonyl (C=O) groups excluding carboxylic acids is 2. The fraction of sp³-hybridized carbons (Fsp3) is 0.588. The summed E-state index contributed by atoms with van der Waals surface area (Å²) in [6.07, 6.45) is 4.37. The highest BCUT2D eigenvalue weighted by molar-refractivity contribution is 6.39. The zero-order chi connectivity index (χ0) is 18.1. The van der Waals surface area contributed by atoms with E-state index in [1.54, 1.807) is 6.33 Å². The number of aliphatic hydroxyl groups is 1. The zero-order valence-electron chi connectivity index (χ0n) is 14.4. The molecule has 9 heteroatoms. The number of aromatic nitrogens is 2. The SMILES string of the molecule is O=C1CCC(C(=O)NC2CC(c3cc(N4CC[C@@H](O)C4)ncn3)C2)=NN1. The van der Waals surface area contributed by atoms with E-state index in [0.717, 1.165) is 37.3 Å². The lowest BCUT2D eigenvalue weighted by Gasteiger charge is -2.35. The van der Waals surface area contributed by atoms with Gasteiger partial charge in [0.15, 0.2) is 0 Å². The molecule has 1 aliphatic carbocycles. The summed E-state index contributed by atoms with van der Waals surface area (Å²) >= 11 is 0. The van der Waals surface area contributed by atoms with E-state index in [2.05, 4.69) is 30.7 Å². The van der Waals surface area contributed by atoms with Gasteiger partial charge < -0.3 is 15.3 Å². The van der Waals surface area contributed by atoms with Crippen LogP contribution < -0.4 is 15.6 Å². The minimum atomic E-state index is -0.288. The maximum atomic E-state index is 12.2. The number of nitrogens with one attached hydrogen (secondary N) is 2. The molecule has 1 saturated carbocycles. The first kappa shape index (κ1) is 16.9. The van der Waals surface area contributed by atoms with Crippen LogP contribution in [-0.4, -0.2) is 57.8 Å². The van der Waals surface area contributed by atoms with Crippen LogP contribution in [0.5, 0.6) is 0 Å². The molecule has 2 fully saturated rings. The fourth-order valence-corrected chi connectivity index (χ4v) is 3.59. The molecule has 3 heterocycles. The van der Waals surface area contributed by atoms with Gasteiger partial charge in [0.2, 0.25) is 5.91 Å². The van der Waals surface area contributed by atoms with Crippen LogP contribution in [0.2, 0.25) is 0 Å². The van der Waals surface area contributed by atoms with Crippen molar-refractivity contribution >= 4 is 23.3 Å². The molecule has 0 unspecified atom stereocenters. The van der Waals surface area contributed by atoms with E-state index in [9.17, 15) is 14.7 Å². The summed E-state index contributed by atoms with van der Waals surface area (Å²) in [4.78, 5) is 34.0. The first-order valence-electron chi connectivity index (χ1n) is 8.99. The lowest BCUT2D eigenvalue weighted by molar-refractivity contribution is -0.121. The summed E-state index contributed by atoms with van der Waals surface area (Å²) in [6, 6.07) is 2.08. The van der Waals surface area contributed by atoms with Gasteiger partial charge in [-0.05, 0) is 19.3 Å². The van der Waals surface area contributed by atoms with E-state index in [-0.39, 0.29) is 24.0 Å². The molecule has 26 heavy (non-hydrogen) atoms. The minimum Gasteiger partial charge on any atom is -0.391 e. The lowest BCUT2D eigenvalue weighted by atomic mass is 9.78. The maximum absolute atomic E-state index is 12.2. The van der Waals surface area contributed by atoms with Crippen LogP contribution in [0.3, 0.4) is 0 Å². The highest BCUT2D eigenvalue weighted by atomic mass is 16.3. The van der Waals surface area contributed by atoms with Gasteiger partial charge in [0.1, 0.15) is 17.9 Å². The van der Waals surface area contributed by atoms with Crippen molar-refractivity contribution in [3.63, 3.8) is 0 Å². The number of amides is 2. The highest BCUT2D eigenvalue weighted by Crippen LogP contribution is 2.36. The summed E-state index contributed by atoms with van der Waals surface area (Å²) in [5.41, 5.74) is 3.70. The van der Waals surface area contributed by atoms with E-state index in [0.29, 0.717) is 31.0 Å². The molecule has 1 saturated heterocycles. The Balaban J connectivity index is 1.31. The average molecular weight is 358 g/mol. The van der Waals surface area contributed by atoms with Crippen molar-refractivity contribution < 1.29 is 14.7 Å². The summed E-state index contributed by atoms with van der Waals surface area (Å²) < 4.78 is 0. The number of hydrazone groups is 1. The predicted octanol–water partition coefficient (Wildman–Crippen LogP) is -0.324. The van der Waals surface area contributed by atoms with Crippen LogP contribution in [0.15, 0.2) is 17.5 Å². The Bertz CT molecular complexity index is 746. The third-order valence-corrected chi connectivity index (χ3v) is 5.22. The molecule has 3 aliphatic rings. The van der Waals surface area contributed by atoms with Crippen molar-refractivity contribution in [1.29, 1.82) is 0 Å². The van der Waals surface area contributed by atoms with Crippen molar-refractivity contribution in [3.05, 3.63) is 18.1 Å². The molecule has 2 amide bonds. The largest absolute Gasteiger partial charge is 0.391 e. The number of β-amino-alcohol motifs (C(OH)–C–C–N with tert-alkyl or cyclic N) is 1. The average Bonchev–Trinajstić information content (AvgIpc) is 3.05. The van der Waals surface area contributed by atoms with Gasteiger partial charge in [-0.15, -0.1) is 0 Å². The molecule has 0 spiro atoms. The highest BCUT2D eigenvalue weighted by Gasteiger charge is 2.34. The van der Waals surface area contributed by atoms with Crippen molar-refractivity contribution in [3.8, 4) is 0 Å². The molecule has 1 atom stereocenters. The minimum absolute atomic E-state index is 0.0971. The van der Waals surface area contributed by atoms with E-state index < -0.39 is 0 Å². The number of rotatable bonds is 4. The predicted molar refractivity (Wildman–Crippen MR) is 93.6 cm³/mol. The number of nitrogens with zero attached hydrogens (tertiary/aromatic N) is 4. The van der Waals surface area contributed by atoms with Crippen LogP contribution in [0, 0.1) is 0 Å². The van der Waals surface area contributed by atoms with Crippen molar-refractivity contribution in [2.45, 2.75) is 50.2 Å². The molecule has 0 radical (unpaired) electrons. The topological polar surface area (TPSA) is 120 Å². The Morgan fingerprint density at radius 2 is 2.15 bits per heavy atom. The molecule has 9 nitrogen and oxygen atoms in total. The van der Waals surface area contributed by atoms with Crippen LogP contribution in [-0.2, 0) is 9.59 Å². The van der Waals surface area contributed by atoms with Gasteiger partial charge in [-0.1, -0.05) is 0 Å². The third-order valence-electron chi connectivity index (χ3n) is 5.22. The maximum Gasteiger partial charge on any atom is 0.267 e. The first-order chi connectivity index (χ1) is 12.6. The van der Waals surface area contributed by atoms with Crippen molar-refractivity contribution in [1.82, 2.24) is 20.7 Å². The molecule has 2 aliphatic heterocycles. The van der Waals surface area contributed by atoms with Crippen molar-refractivity contribution in [2.75, 3.05) is 18.0 Å². The van der Waals surface area contributed by atoms with Crippen LogP contribution >= 0.6 is 0 Å². The second-order valence-electron chi connectivity index (χ2n) is 7.12. The number of anilines is 1. The Labute approximate surface area is 150 Å². The van der Waals surface area contributed by atoms with Gasteiger partial charge in [-0.3, -0.25) is 9.59 Å². The van der Waals surface area contributed by atoms with E-state index in [4.69, 9.17) is 0 Å². The van der Waals surface area contributed by atoms with Crippen LogP contribution in [0.4, 0.5) is 5.82 Å². The Morgan fingerprint density at radius 3 is 2.85 bits per heavy atom. The van der Waals surface area contributed by atoms with Crippen molar-refractivity contribution in [2.24, 2.45) is 5.10 Å². The van der Waals surface area contributed by atoms with E-state index in [1.807, 2.05) is 6.07 Å². The molecule has 0 bridgehead atoms. The zero-order valence-corrected chi connectivity index (χ0v) is 14.4. The number of hydrogen-bond donors (Lipinski definition) is 3. The molecular formula is C17H22N6O3. The summed E-state index contributed by atoms with van der Waals surface area (Å²) in [5, 5.41) is 16.5. The van der Waals surface area contributed by atoms with E-state index >= 15 is 0 Å². The Kier molecular flexibility index (Phi) is 4.54. The van der Waals surface area contributed by atoms with Gasteiger partial charge in [0, 0.05) is 49.7 Å². The Hall–Kier alpha value is -2.55. The second-order valence-corrected chi connectivity index (χ2v) is 7.12. The van der Waals surface area contributed by atoms with Gasteiger partial charge in [-0.2, -0.15) is 5.10 Å². The standard InChI is InChI=1S/C17H22N6O3/c24-12-3-4-23(8-12)15-7-14(18-9-19-15)10-5-11(6-10)20-17(26)13-1-2-16(25)22-21-13/h7,9-12,24H,1-6,8H2,(H,20,26)(H,22,25)/t10?,11?,12-/m1/s1. The monoisotopic (exact) mass is 358 g/mol. The van der Waals surface area contributed by atoms with Gasteiger partial charge in [-0.25, -0.2) is 15.4 Å². The first-order valence-corrected chi connectivity index (χ1v) is 8.99. The summed E-state index contributed by atoms with van der Waals surface area (Å²) in [5.74, 6) is 0.784. The lowest BCUT2D eigenvalue weighted by Crippen LogP contribution is -2.47. The number of aliphatic hydroxyl groups excluding tert-OH is 1. The van der Waals surface area contributed by atoms with Crippen LogP contribution in [0.1, 0.15) is 43.7 Å². The summed E-state index contributed by atoms with van der Waals surface area (Å²) in [7, 11) is 0. The normalized spacial score (nSPS) is 28.2. The van der Waals surface area contributed by atoms with Gasteiger partial charge >= 0.3 is 0 Å². The third kappa shape index (κ3) is 3.52. The smallest absolute Gasteiger partial charge is 0.267 e. The second kappa shape index (κ2) is 6.99. The molecular weight excluding hydrogens is 336 g/mol. The van der Waals surface area contributed by atoms with E-state index in [1.165, 1.54) is 0 Å².